The standard InChI is InChI=1S/C18H18F3NO2S/c1-12(14-5-3-7-16(10-14)18(19,20)21)22-25(23,24)17-9-8-13-4-2-6-15(13)11-17/h3,5,7-12,22H,2,4,6H2,1H3/t12-/m1/s1. The quantitative estimate of drug-likeness (QED) is 0.877. The maximum absolute atomic E-state index is 12.8. The fourth-order valence-electron chi connectivity index (χ4n) is 3.07. The highest BCUT2D eigenvalue weighted by atomic mass is 32.2. The van der Waals surface area contributed by atoms with Crippen LogP contribution in [-0.2, 0) is 29.0 Å². The summed E-state index contributed by atoms with van der Waals surface area (Å²) >= 11 is 0. The summed E-state index contributed by atoms with van der Waals surface area (Å²) in [6.07, 6.45) is -1.66. The first-order chi connectivity index (χ1) is 11.7. The first-order valence-corrected chi connectivity index (χ1v) is 9.46. The number of nitrogens with one attached hydrogen (secondary N) is 1. The van der Waals surface area contributed by atoms with Crippen molar-refractivity contribution in [3.63, 3.8) is 0 Å². The molecule has 0 fully saturated rings. The molecule has 1 aliphatic rings. The monoisotopic (exact) mass is 369 g/mol. The first kappa shape index (κ1) is 17.9. The summed E-state index contributed by atoms with van der Waals surface area (Å²) in [4.78, 5) is 0.145. The van der Waals surface area contributed by atoms with Crippen molar-refractivity contribution in [3.05, 3.63) is 64.7 Å². The van der Waals surface area contributed by atoms with E-state index in [0.717, 1.165) is 42.5 Å². The molecule has 134 valence electrons. The van der Waals surface area contributed by atoms with Crippen LogP contribution in [0.4, 0.5) is 13.2 Å². The predicted octanol–water partition coefficient (Wildman–Crippen LogP) is 4.23. The van der Waals surface area contributed by atoms with Gasteiger partial charge in [-0.2, -0.15) is 13.2 Å². The average molecular weight is 369 g/mol. The molecule has 1 N–H and O–H groups in total. The van der Waals surface area contributed by atoms with E-state index in [4.69, 9.17) is 0 Å². The van der Waals surface area contributed by atoms with Crippen molar-refractivity contribution in [2.45, 2.75) is 43.3 Å². The molecule has 0 amide bonds. The average Bonchev–Trinajstić information content (AvgIpc) is 3.01. The first-order valence-electron chi connectivity index (χ1n) is 7.98. The number of hydrogen-bond donors (Lipinski definition) is 1. The summed E-state index contributed by atoms with van der Waals surface area (Å²) in [6.45, 7) is 1.53. The Kier molecular flexibility index (Phi) is 4.64. The highest BCUT2D eigenvalue weighted by molar-refractivity contribution is 7.89. The number of rotatable bonds is 4. The van der Waals surface area contributed by atoms with E-state index in [-0.39, 0.29) is 10.5 Å². The topological polar surface area (TPSA) is 46.2 Å². The zero-order valence-electron chi connectivity index (χ0n) is 13.6. The molecule has 0 radical (unpaired) electrons. The molecule has 0 aliphatic heterocycles. The Morgan fingerprint density at radius 1 is 1.04 bits per heavy atom. The smallest absolute Gasteiger partial charge is 0.207 e. The second-order valence-electron chi connectivity index (χ2n) is 6.25. The number of alkyl halides is 3. The van der Waals surface area contributed by atoms with Gasteiger partial charge in [-0.1, -0.05) is 18.2 Å². The maximum Gasteiger partial charge on any atom is 0.416 e. The summed E-state index contributed by atoms with van der Waals surface area (Å²) in [6, 6.07) is 8.92. The molecule has 25 heavy (non-hydrogen) atoms. The minimum absolute atomic E-state index is 0.145. The number of aryl methyl sites for hydroxylation is 2. The zero-order chi connectivity index (χ0) is 18.2. The van der Waals surface area contributed by atoms with E-state index < -0.39 is 27.8 Å². The van der Waals surface area contributed by atoms with E-state index in [1.807, 2.05) is 6.07 Å². The lowest BCUT2D eigenvalue weighted by atomic mass is 10.1. The van der Waals surface area contributed by atoms with Gasteiger partial charge in [-0.05, 0) is 67.1 Å². The van der Waals surface area contributed by atoms with Crippen LogP contribution in [0.5, 0.6) is 0 Å². The van der Waals surface area contributed by atoms with Gasteiger partial charge < -0.3 is 0 Å². The van der Waals surface area contributed by atoms with E-state index >= 15 is 0 Å². The fraction of sp³-hybridized carbons (Fsp3) is 0.333. The van der Waals surface area contributed by atoms with Crippen LogP contribution < -0.4 is 4.72 Å². The molecule has 7 heteroatoms. The SMILES string of the molecule is C[C@@H](NS(=O)(=O)c1ccc2c(c1)CCC2)c1cccc(C(F)(F)F)c1. The fourth-order valence-corrected chi connectivity index (χ4v) is 4.35. The molecule has 2 aromatic carbocycles. The predicted molar refractivity (Wildman–Crippen MR) is 88.6 cm³/mol. The molecule has 0 saturated heterocycles. The minimum Gasteiger partial charge on any atom is -0.207 e. The van der Waals surface area contributed by atoms with Crippen LogP contribution in [0.2, 0.25) is 0 Å². The van der Waals surface area contributed by atoms with Crippen LogP contribution >= 0.6 is 0 Å². The molecule has 0 saturated carbocycles. The van der Waals surface area contributed by atoms with Crippen molar-refractivity contribution in [1.82, 2.24) is 4.72 Å². The van der Waals surface area contributed by atoms with Crippen molar-refractivity contribution in [1.29, 1.82) is 0 Å². The van der Waals surface area contributed by atoms with Crippen LogP contribution in [0.3, 0.4) is 0 Å². The van der Waals surface area contributed by atoms with E-state index in [1.165, 1.54) is 19.1 Å². The largest absolute Gasteiger partial charge is 0.416 e. The molecular weight excluding hydrogens is 351 g/mol. The van der Waals surface area contributed by atoms with E-state index in [9.17, 15) is 21.6 Å². The van der Waals surface area contributed by atoms with Crippen LogP contribution in [0.1, 0.15) is 41.6 Å². The van der Waals surface area contributed by atoms with Crippen molar-refractivity contribution < 1.29 is 21.6 Å². The van der Waals surface area contributed by atoms with E-state index in [2.05, 4.69) is 4.72 Å². The Morgan fingerprint density at radius 2 is 1.76 bits per heavy atom. The Labute approximate surface area is 144 Å². The number of hydrogen-bond acceptors (Lipinski definition) is 2. The van der Waals surface area contributed by atoms with Crippen molar-refractivity contribution in [3.8, 4) is 0 Å². The molecule has 0 bridgehead atoms. The minimum atomic E-state index is -4.46. The van der Waals surface area contributed by atoms with Crippen molar-refractivity contribution in [2.24, 2.45) is 0 Å². The molecule has 0 spiro atoms. The summed E-state index contributed by atoms with van der Waals surface area (Å²) in [5.41, 5.74) is 1.65. The van der Waals surface area contributed by atoms with Crippen molar-refractivity contribution in [2.75, 3.05) is 0 Å². The van der Waals surface area contributed by atoms with Crippen LogP contribution in [0, 0.1) is 0 Å². The van der Waals surface area contributed by atoms with Gasteiger partial charge in [0, 0.05) is 6.04 Å². The van der Waals surface area contributed by atoms with Gasteiger partial charge in [-0.3, -0.25) is 0 Å². The van der Waals surface area contributed by atoms with Gasteiger partial charge in [0.1, 0.15) is 0 Å². The van der Waals surface area contributed by atoms with Crippen LogP contribution in [-0.4, -0.2) is 8.42 Å². The molecular formula is C18H18F3NO2S. The lowest BCUT2D eigenvalue weighted by Gasteiger charge is -2.17. The molecule has 1 atom stereocenters. The molecule has 0 heterocycles. The zero-order valence-corrected chi connectivity index (χ0v) is 14.4. The Bertz CT molecular complexity index is 891. The molecule has 0 aromatic heterocycles. The Hall–Kier alpha value is -1.86. The molecule has 2 aromatic rings. The van der Waals surface area contributed by atoms with Gasteiger partial charge in [0.15, 0.2) is 0 Å². The van der Waals surface area contributed by atoms with Gasteiger partial charge in [-0.15, -0.1) is 0 Å². The summed E-state index contributed by atoms with van der Waals surface area (Å²) < 4.78 is 66.1. The number of fused-ring (bicyclic) bond motifs is 1. The van der Waals surface area contributed by atoms with Crippen molar-refractivity contribution >= 4 is 10.0 Å². The van der Waals surface area contributed by atoms with Gasteiger partial charge in [0.2, 0.25) is 10.0 Å². The molecule has 3 nitrogen and oxygen atoms in total. The lowest BCUT2D eigenvalue weighted by Crippen LogP contribution is -2.27. The third kappa shape index (κ3) is 3.88. The molecule has 1 aliphatic carbocycles. The molecule has 3 rings (SSSR count). The number of sulfonamides is 1. The van der Waals surface area contributed by atoms with E-state index in [1.54, 1.807) is 12.1 Å². The van der Waals surface area contributed by atoms with Crippen LogP contribution in [0.15, 0.2) is 47.4 Å². The second-order valence-corrected chi connectivity index (χ2v) is 7.96. The second kappa shape index (κ2) is 6.46. The number of halogens is 3. The Balaban J connectivity index is 1.83. The number of benzene rings is 2. The van der Waals surface area contributed by atoms with Gasteiger partial charge in [0.25, 0.3) is 0 Å². The normalized spacial score (nSPS) is 15.8. The third-order valence-electron chi connectivity index (χ3n) is 4.43. The maximum atomic E-state index is 12.8. The molecule has 0 unspecified atom stereocenters. The van der Waals surface area contributed by atoms with E-state index in [0.29, 0.717) is 0 Å². The van der Waals surface area contributed by atoms with Gasteiger partial charge >= 0.3 is 6.18 Å². The van der Waals surface area contributed by atoms with Gasteiger partial charge in [0.05, 0.1) is 10.5 Å². The summed E-state index contributed by atoms with van der Waals surface area (Å²) in [5, 5.41) is 0. The summed E-state index contributed by atoms with van der Waals surface area (Å²) in [7, 11) is -3.81. The lowest BCUT2D eigenvalue weighted by molar-refractivity contribution is -0.137. The highest BCUT2D eigenvalue weighted by Crippen LogP contribution is 2.31. The Morgan fingerprint density at radius 3 is 2.48 bits per heavy atom. The van der Waals surface area contributed by atoms with Gasteiger partial charge in [-0.25, -0.2) is 13.1 Å². The third-order valence-corrected chi connectivity index (χ3v) is 5.96. The highest BCUT2D eigenvalue weighted by Gasteiger charge is 2.31. The summed E-state index contributed by atoms with van der Waals surface area (Å²) in [5.74, 6) is 0. The van der Waals surface area contributed by atoms with Crippen LogP contribution in [0.25, 0.3) is 0 Å².